The fourth-order valence-electron chi connectivity index (χ4n) is 4.53. The third kappa shape index (κ3) is 5.77. The Morgan fingerprint density at radius 3 is 2.50 bits per heavy atom. The number of sulfonamides is 1. The molecular formula is C25H33N3O3S. The lowest BCUT2D eigenvalue weighted by atomic mass is 9.96. The lowest BCUT2D eigenvalue weighted by Crippen LogP contribution is -2.46. The van der Waals surface area contributed by atoms with Gasteiger partial charge in [0.05, 0.1) is 11.4 Å². The Balaban J connectivity index is 1.23. The van der Waals surface area contributed by atoms with Gasteiger partial charge in [0.25, 0.3) is 0 Å². The molecule has 0 aromatic heterocycles. The van der Waals surface area contributed by atoms with Gasteiger partial charge >= 0.3 is 0 Å². The average Bonchev–Trinajstić information content (AvgIpc) is 3.59. The molecule has 0 bridgehead atoms. The molecular weight excluding hydrogens is 422 g/mol. The maximum atomic E-state index is 12.6. The second-order valence-electron chi connectivity index (χ2n) is 9.33. The van der Waals surface area contributed by atoms with Crippen LogP contribution in [0, 0.1) is 12.8 Å². The second kappa shape index (κ2) is 9.73. The van der Waals surface area contributed by atoms with Crippen LogP contribution in [0.4, 0.5) is 0 Å². The van der Waals surface area contributed by atoms with Gasteiger partial charge in [-0.2, -0.15) is 0 Å². The normalized spacial score (nSPS) is 20.6. The number of nitrogens with zero attached hydrogens (tertiary/aromatic N) is 1. The molecule has 1 saturated heterocycles. The zero-order valence-corrected chi connectivity index (χ0v) is 19.5. The van der Waals surface area contributed by atoms with E-state index in [-0.39, 0.29) is 17.2 Å². The predicted octanol–water partition coefficient (Wildman–Crippen LogP) is 2.83. The second-order valence-corrected chi connectivity index (χ2v) is 11.1. The molecule has 1 amide bonds. The minimum Gasteiger partial charge on any atom is -0.354 e. The Kier molecular flexibility index (Phi) is 6.98. The highest BCUT2D eigenvalue weighted by molar-refractivity contribution is 7.89. The molecule has 0 radical (unpaired) electrons. The summed E-state index contributed by atoms with van der Waals surface area (Å²) in [6.07, 6.45) is 4.16. The summed E-state index contributed by atoms with van der Waals surface area (Å²) in [7, 11) is -3.51. The van der Waals surface area contributed by atoms with Crippen LogP contribution in [0.1, 0.15) is 36.8 Å². The van der Waals surface area contributed by atoms with Crippen LogP contribution in [-0.2, 0) is 20.2 Å². The quantitative estimate of drug-likeness (QED) is 0.610. The first-order valence-electron chi connectivity index (χ1n) is 11.5. The van der Waals surface area contributed by atoms with Crippen molar-refractivity contribution < 1.29 is 13.2 Å². The number of hydrogen-bond donors (Lipinski definition) is 2. The van der Waals surface area contributed by atoms with E-state index < -0.39 is 10.0 Å². The highest BCUT2D eigenvalue weighted by atomic mass is 32.2. The van der Waals surface area contributed by atoms with Crippen molar-refractivity contribution in [2.75, 3.05) is 32.7 Å². The first-order valence-corrected chi connectivity index (χ1v) is 13.0. The van der Waals surface area contributed by atoms with E-state index >= 15 is 0 Å². The molecule has 6 nitrogen and oxygen atoms in total. The van der Waals surface area contributed by atoms with Crippen LogP contribution in [0.2, 0.25) is 0 Å². The number of hydrogen-bond acceptors (Lipinski definition) is 4. The molecule has 0 spiro atoms. The molecule has 2 fully saturated rings. The molecule has 4 rings (SSSR count). The van der Waals surface area contributed by atoms with E-state index in [0.29, 0.717) is 24.5 Å². The fraction of sp³-hybridized carbons (Fsp3) is 0.480. The van der Waals surface area contributed by atoms with Crippen molar-refractivity contribution in [1.29, 1.82) is 0 Å². The molecule has 2 aromatic rings. The number of carbonyl (C=O) groups is 1. The topological polar surface area (TPSA) is 78.5 Å². The minimum atomic E-state index is -3.51. The lowest BCUT2D eigenvalue weighted by molar-refractivity contribution is -0.122. The Bertz CT molecular complexity index is 1020. The molecule has 172 valence electrons. The van der Waals surface area contributed by atoms with E-state index in [1.54, 1.807) is 24.3 Å². The van der Waals surface area contributed by atoms with Crippen LogP contribution in [0.5, 0.6) is 0 Å². The third-order valence-electron chi connectivity index (χ3n) is 6.73. The zero-order valence-electron chi connectivity index (χ0n) is 18.7. The first-order chi connectivity index (χ1) is 15.4. The summed E-state index contributed by atoms with van der Waals surface area (Å²) in [6, 6.07) is 17.3. The zero-order chi connectivity index (χ0) is 22.6. The molecule has 1 atom stereocenters. The largest absolute Gasteiger partial charge is 0.354 e. The van der Waals surface area contributed by atoms with Gasteiger partial charge in [-0.3, -0.25) is 9.69 Å². The Hall–Kier alpha value is -2.22. The van der Waals surface area contributed by atoms with Crippen molar-refractivity contribution in [1.82, 2.24) is 14.9 Å². The van der Waals surface area contributed by atoms with Crippen LogP contribution in [0.3, 0.4) is 0 Å². The van der Waals surface area contributed by atoms with E-state index in [0.717, 1.165) is 44.3 Å². The summed E-state index contributed by atoms with van der Waals surface area (Å²) in [4.78, 5) is 15.0. The van der Waals surface area contributed by atoms with Crippen LogP contribution in [0.25, 0.3) is 0 Å². The van der Waals surface area contributed by atoms with Crippen LogP contribution >= 0.6 is 0 Å². The summed E-state index contributed by atoms with van der Waals surface area (Å²) < 4.78 is 27.9. The van der Waals surface area contributed by atoms with E-state index in [1.807, 2.05) is 13.0 Å². The number of likely N-dealkylation sites (tertiary alicyclic amines) is 1. The molecule has 1 heterocycles. The van der Waals surface area contributed by atoms with Gasteiger partial charge in [-0.05, 0) is 62.8 Å². The predicted molar refractivity (Wildman–Crippen MR) is 126 cm³/mol. The first kappa shape index (κ1) is 23.0. The van der Waals surface area contributed by atoms with Crippen molar-refractivity contribution in [2.24, 2.45) is 5.92 Å². The average molecular weight is 456 g/mol. The highest BCUT2D eigenvalue weighted by Gasteiger charge is 2.44. The number of carbonyl (C=O) groups excluding carboxylic acids is 1. The lowest BCUT2D eigenvalue weighted by Gasteiger charge is -2.32. The maximum absolute atomic E-state index is 12.6. The Morgan fingerprint density at radius 2 is 1.81 bits per heavy atom. The van der Waals surface area contributed by atoms with Gasteiger partial charge in [0.1, 0.15) is 0 Å². The van der Waals surface area contributed by atoms with E-state index in [9.17, 15) is 13.2 Å². The summed E-state index contributed by atoms with van der Waals surface area (Å²) in [5, 5.41) is 3.14. The van der Waals surface area contributed by atoms with E-state index in [1.165, 1.54) is 5.56 Å². The minimum absolute atomic E-state index is 0.0492. The van der Waals surface area contributed by atoms with Crippen LogP contribution in [-0.4, -0.2) is 51.9 Å². The molecule has 1 saturated carbocycles. The summed E-state index contributed by atoms with van der Waals surface area (Å²) in [5.74, 6) is 0.254. The van der Waals surface area contributed by atoms with Crippen LogP contribution < -0.4 is 10.0 Å². The summed E-state index contributed by atoms with van der Waals surface area (Å²) >= 11 is 0. The van der Waals surface area contributed by atoms with Gasteiger partial charge in [0, 0.05) is 25.0 Å². The molecule has 32 heavy (non-hydrogen) atoms. The number of rotatable bonds is 9. The van der Waals surface area contributed by atoms with Gasteiger partial charge in [-0.1, -0.05) is 48.0 Å². The number of benzene rings is 2. The highest BCUT2D eigenvalue weighted by Crippen LogP contribution is 2.47. The molecule has 2 aliphatic rings. The van der Waals surface area contributed by atoms with Gasteiger partial charge in [-0.15, -0.1) is 0 Å². The summed E-state index contributed by atoms with van der Waals surface area (Å²) in [6.45, 7) is 4.98. The third-order valence-corrected chi connectivity index (χ3v) is 8.17. The number of amides is 1. The number of aryl methyl sites for hydroxylation is 1. The molecule has 1 aliphatic carbocycles. The molecule has 2 N–H and O–H groups in total. The molecule has 1 unspecified atom stereocenters. The Labute approximate surface area is 191 Å². The molecule has 2 aromatic carbocycles. The van der Waals surface area contributed by atoms with Crippen molar-refractivity contribution in [2.45, 2.75) is 42.9 Å². The Morgan fingerprint density at radius 1 is 1.09 bits per heavy atom. The maximum Gasteiger partial charge on any atom is 0.240 e. The van der Waals surface area contributed by atoms with Crippen molar-refractivity contribution >= 4 is 15.9 Å². The molecule has 1 aliphatic heterocycles. The van der Waals surface area contributed by atoms with Crippen molar-refractivity contribution in [3.8, 4) is 0 Å². The SMILES string of the molecule is Cc1ccc(S(=O)(=O)NCC2CCCN(CC(=O)NCC3(c4ccccc4)CC3)C2)cc1. The van der Waals surface area contributed by atoms with Gasteiger partial charge in [-0.25, -0.2) is 13.1 Å². The van der Waals surface area contributed by atoms with Crippen LogP contribution in [0.15, 0.2) is 59.5 Å². The van der Waals surface area contributed by atoms with Crippen molar-refractivity contribution in [3.05, 3.63) is 65.7 Å². The van der Waals surface area contributed by atoms with E-state index in [4.69, 9.17) is 0 Å². The van der Waals surface area contributed by atoms with E-state index in [2.05, 4.69) is 39.2 Å². The van der Waals surface area contributed by atoms with Gasteiger partial charge in [0.15, 0.2) is 0 Å². The fourth-order valence-corrected chi connectivity index (χ4v) is 5.64. The monoisotopic (exact) mass is 455 g/mol. The standard InChI is InChI=1S/C25H33N3O3S/c1-20-9-11-23(12-10-20)32(30,31)27-16-21-6-5-15-28(17-21)18-24(29)26-19-25(13-14-25)22-7-3-2-4-8-22/h2-4,7-12,21,27H,5-6,13-19H2,1H3,(H,26,29). The summed E-state index contributed by atoms with van der Waals surface area (Å²) in [5.41, 5.74) is 2.44. The molecule has 7 heteroatoms. The van der Waals surface area contributed by atoms with Crippen molar-refractivity contribution in [3.63, 3.8) is 0 Å². The number of piperidine rings is 1. The smallest absolute Gasteiger partial charge is 0.240 e. The number of nitrogens with one attached hydrogen (secondary N) is 2. The van der Waals surface area contributed by atoms with Gasteiger partial charge < -0.3 is 5.32 Å². The van der Waals surface area contributed by atoms with Gasteiger partial charge in [0.2, 0.25) is 15.9 Å².